The fourth-order valence-electron chi connectivity index (χ4n) is 2.61. The summed E-state index contributed by atoms with van der Waals surface area (Å²) in [7, 11) is 0. The quantitative estimate of drug-likeness (QED) is 0.754. The lowest BCUT2D eigenvalue weighted by molar-refractivity contribution is 0.282. The monoisotopic (exact) mass is 325 g/mol. The van der Waals surface area contributed by atoms with E-state index in [4.69, 9.17) is 5.11 Å². The summed E-state index contributed by atoms with van der Waals surface area (Å²) >= 11 is 0. The molecule has 0 fully saturated rings. The highest BCUT2D eigenvalue weighted by molar-refractivity contribution is 5.86. The van der Waals surface area contributed by atoms with Crippen molar-refractivity contribution < 1.29 is 5.11 Å². The minimum absolute atomic E-state index is 0.0786. The van der Waals surface area contributed by atoms with Gasteiger partial charge in [0.2, 0.25) is 0 Å². The number of hydrogen-bond donors (Lipinski definition) is 2. The molecule has 3 aromatic rings. The maximum absolute atomic E-state index is 9.08. The van der Waals surface area contributed by atoms with Crippen LogP contribution in [0.1, 0.15) is 31.9 Å². The highest BCUT2D eigenvalue weighted by Gasteiger charge is 2.19. The molecular formula is C18H23N5O. The van der Waals surface area contributed by atoms with Gasteiger partial charge in [0.05, 0.1) is 23.7 Å². The van der Waals surface area contributed by atoms with Crippen LogP contribution in [0.5, 0.6) is 0 Å². The second-order valence-electron chi connectivity index (χ2n) is 6.84. The summed E-state index contributed by atoms with van der Waals surface area (Å²) in [4.78, 5) is 8.73. The molecule has 0 spiro atoms. The molecule has 0 atom stereocenters. The number of anilines is 1. The second kappa shape index (κ2) is 6.57. The molecule has 0 saturated carbocycles. The first-order chi connectivity index (χ1) is 11.5. The largest absolute Gasteiger partial charge is 0.392 e. The lowest BCUT2D eigenvalue weighted by Gasteiger charge is -2.19. The lowest BCUT2D eigenvalue weighted by Crippen LogP contribution is -2.23. The fourth-order valence-corrected chi connectivity index (χ4v) is 2.61. The number of nitrogens with zero attached hydrogens (tertiary/aromatic N) is 4. The molecule has 2 aromatic heterocycles. The third-order valence-electron chi connectivity index (χ3n) is 3.91. The van der Waals surface area contributed by atoms with Crippen molar-refractivity contribution in [2.75, 3.05) is 11.9 Å². The van der Waals surface area contributed by atoms with Gasteiger partial charge in [-0.3, -0.25) is 0 Å². The number of hydrogen-bond acceptors (Lipinski definition) is 5. The van der Waals surface area contributed by atoms with E-state index < -0.39 is 0 Å². The van der Waals surface area contributed by atoms with Gasteiger partial charge < -0.3 is 10.4 Å². The molecule has 3 rings (SSSR count). The summed E-state index contributed by atoms with van der Waals surface area (Å²) < 4.78 is 1.92. The Bertz CT molecular complexity index is 818. The molecule has 0 aliphatic rings. The van der Waals surface area contributed by atoms with Crippen molar-refractivity contribution in [3.05, 3.63) is 47.9 Å². The summed E-state index contributed by atoms with van der Waals surface area (Å²) in [6, 6.07) is 7.98. The molecule has 6 nitrogen and oxygen atoms in total. The SMILES string of the molecule is CC(C)(C)n1ncc2c(NCCc3ccc(CO)cc3)ncnc21. The molecule has 6 heteroatoms. The molecule has 1 aromatic carbocycles. The molecule has 0 aliphatic carbocycles. The molecule has 2 N–H and O–H groups in total. The Morgan fingerprint density at radius 1 is 1.08 bits per heavy atom. The number of aliphatic hydroxyl groups is 1. The van der Waals surface area contributed by atoms with Crippen LogP contribution in [0.4, 0.5) is 5.82 Å². The van der Waals surface area contributed by atoms with Crippen LogP contribution in [0.2, 0.25) is 0 Å². The predicted octanol–water partition coefficient (Wildman–Crippen LogP) is 2.73. The fraction of sp³-hybridized carbons (Fsp3) is 0.389. The van der Waals surface area contributed by atoms with Crippen molar-refractivity contribution in [3.8, 4) is 0 Å². The Kier molecular flexibility index (Phi) is 4.49. The molecular weight excluding hydrogens is 302 g/mol. The van der Waals surface area contributed by atoms with Gasteiger partial charge in [-0.25, -0.2) is 14.6 Å². The van der Waals surface area contributed by atoms with E-state index in [2.05, 4.69) is 41.2 Å². The van der Waals surface area contributed by atoms with Gasteiger partial charge in [0, 0.05) is 6.54 Å². The van der Waals surface area contributed by atoms with Gasteiger partial charge in [-0.2, -0.15) is 5.10 Å². The predicted molar refractivity (Wildman–Crippen MR) is 94.9 cm³/mol. The first-order valence-corrected chi connectivity index (χ1v) is 8.11. The summed E-state index contributed by atoms with van der Waals surface area (Å²) in [5.41, 5.74) is 2.86. The smallest absolute Gasteiger partial charge is 0.163 e. The minimum atomic E-state index is -0.123. The molecule has 2 heterocycles. The third kappa shape index (κ3) is 3.38. The summed E-state index contributed by atoms with van der Waals surface area (Å²) in [6.45, 7) is 7.15. The van der Waals surface area contributed by atoms with Crippen LogP contribution in [0.15, 0.2) is 36.8 Å². The summed E-state index contributed by atoms with van der Waals surface area (Å²) in [6.07, 6.45) is 4.27. The first kappa shape index (κ1) is 16.4. The molecule has 126 valence electrons. The van der Waals surface area contributed by atoms with Crippen molar-refractivity contribution >= 4 is 16.9 Å². The molecule has 0 bridgehead atoms. The number of fused-ring (bicyclic) bond motifs is 1. The third-order valence-corrected chi connectivity index (χ3v) is 3.91. The van der Waals surface area contributed by atoms with Gasteiger partial charge in [0.15, 0.2) is 5.65 Å². The van der Waals surface area contributed by atoms with Gasteiger partial charge in [-0.1, -0.05) is 24.3 Å². The summed E-state index contributed by atoms with van der Waals surface area (Å²) in [5.74, 6) is 0.808. The van der Waals surface area contributed by atoms with E-state index in [1.54, 1.807) is 6.33 Å². The van der Waals surface area contributed by atoms with E-state index in [-0.39, 0.29) is 12.1 Å². The van der Waals surface area contributed by atoms with Crippen molar-refractivity contribution in [2.45, 2.75) is 39.3 Å². The average molecular weight is 325 g/mol. The van der Waals surface area contributed by atoms with E-state index in [0.29, 0.717) is 0 Å². The number of rotatable bonds is 5. The van der Waals surface area contributed by atoms with Gasteiger partial charge in [0.25, 0.3) is 0 Å². The van der Waals surface area contributed by atoms with E-state index >= 15 is 0 Å². The molecule has 0 amide bonds. The van der Waals surface area contributed by atoms with Crippen molar-refractivity contribution in [1.82, 2.24) is 19.7 Å². The Morgan fingerprint density at radius 3 is 2.46 bits per heavy atom. The van der Waals surface area contributed by atoms with Crippen LogP contribution in [-0.2, 0) is 18.6 Å². The molecule has 0 saturated heterocycles. The summed E-state index contributed by atoms with van der Waals surface area (Å²) in [5, 5.41) is 17.9. The van der Waals surface area contributed by atoms with Crippen molar-refractivity contribution in [3.63, 3.8) is 0 Å². The topological polar surface area (TPSA) is 75.9 Å². The second-order valence-corrected chi connectivity index (χ2v) is 6.84. The number of aromatic nitrogens is 4. The highest BCUT2D eigenvalue weighted by atomic mass is 16.3. The zero-order chi connectivity index (χ0) is 17.2. The van der Waals surface area contributed by atoms with Gasteiger partial charge in [-0.05, 0) is 38.3 Å². The van der Waals surface area contributed by atoms with E-state index in [1.807, 2.05) is 35.1 Å². The van der Waals surface area contributed by atoms with E-state index in [1.165, 1.54) is 5.56 Å². The average Bonchev–Trinajstić information content (AvgIpc) is 3.01. The maximum atomic E-state index is 9.08. The molecule has 0 radical (unpaired) electrons. The standard InChI is InChI=1S/C18H23N5O/c1-18(2,3)23-17-15(10-22-23)16(20-12-21-17)19-9-8-13-4-6-14(11-24)7-5-13/h4-7,10,12,24H,8-9,11H2,1-3H3,(H,19,20,21). The number of aliphatic hydroxyl groups excluding tert-OH is 1. The van der Waals surface area contributed by atoms with E-state index in [9.17, 15) is 0 Å². The Labute approximate surface area is 141 Å². The Hall–Kier alpha value is -2.47. The van der Waals surface area contributed by atoms with Crippen molar-refractivity contribution in [2.24, 2.45) is 0 Å². The van der Waals surface area contributed by atoms with Gasteiger partial charge >= 0.3 is 0 Å². The van der Waals surface area contributed by atoms with E-state index in [0.717, 1.165) is 35.4 Å². The first-order valence-electron chi connectivity index (χ1n) is 8.11. The maximum Gasteiger partial charge on any atom is 0.163 e. The van der Waals surface area contributed by atoms with Crippen LogP contribution in [0, 0.1) is 0 Å². The van der Waals surface area contributed by atoms with Crippen LogP contribution in [0.3, 0.4) is 0 Å². The molecule has 0 aliphatic heterocycles. The number of nitrogens with one attached hydrogen (secondary N) is 1. The van der Waals surface area contributed by atoms with Crippen LogP contribution < -0.4 is 5.32 Å². The highest BCUT2D eigenvalue weighted by Crippen LogP contribution is 2.23. The van der Waals surface area contributed by atoms with Crippen LogP contribution >= 0.6 is 0 Å². The number of benzene rings is 1. The van der Waals surface area contributed by atoms with Crippen molar-refractivity contribution in [1.29, 1.82) is 0 Å². The normalized spacial score (nSPS) is 11.8. The molecule has 24 heavy (non-hydrogen) atoms. The minimum Gasteiger partial charge on any atom is -0.392 e. The van der Waals surface area contributed by atoms with Gasteiger partial charge in [0.1, 0.15) is 12.1 Å². The lowest BCUT2D eigenvalue weighted by atomic mass is 10.1. The van der Waals surface area contributed by atoms with Crippen LogP contribution in [0.25, 0.3) is 11.0 Å². The zero-order valence-electron chi connectivity index (χ0n) is 14.3. The molecule has 0 unspecified atom stereocenters. The Balaban J connectivity index is 1.72. The van der Waals surface area contributed by atoms with Gasteiger partial charge in [-0.15, -0.1) is 0 Å². The van der Waals surface area contributed by atoms with Crippen LogP contribution in [-0.4, -0.2) is 31.4 Å². The zero-order valence-corrected chi connectivity index (χ0v) is 14.3. The Morgan fingerprint density at radius 2 is 1.79 bits per heavy atom.